The van der Waals surface area contributed by atoms with Gasteiger partial charge >= 0.3 is 0 Å². The minimum atomic E-state index is -1.43. The zero-order chi connectivity index (χ0) is 21.3. The van der Waals surface area contributed by atoms with Crippen LogP contribution >= 0.6 is 11.6 Å². The molecule has 1 aliphatic rings. The Bertz CT molecular complexity index is 976. The molecule has 0 spiro atoms. The van der Waals surface area contributed by atoms with E-state index in [2.05, 4.69) is 4.98 Å². The largest absolute Gasteiger partial charge is 0.445 e. The molecule has 0 radical (unpaired) electrons. The Hall–Kier alpha value is -2.26. The number of hydrogen-bond acceptors (Lipinski definition) is 7. The number of rotatable bonds is 5. The van der Waals surface area contributed by atoms with E-state index >= 15 is 0 Å². The van der Waals surface area contributed by atoms with Crippen LogP contribution in [0.15, 0.2) is 59.3 Å². The maximum absolute atomic E-state index is 10.4. The van der Waals surface area contributed by atoms with Crippen LogP contribution in [0.5, 0.6) is 0 Å². The van der Waals surface area contributed by atoms with Crippen LogP contribution in [0.3, 0.4) is 0 Å². The predicted molar refractivity (Wildman–Crippen MR) is 109 cm³/mol. The average molecular weight is 432 g/mol. The van der Waals surface area contributed by atoms with E-state index in [1.165, 1.54) is 6.26 Å². The lowest BCUT2D eigenvalue weighted by Crippen LogP contribution is -2.55. The van der Waals surface area contributed by atoms with Gasteiger partial charge in [-0.1, -0.05) is 35.9 Å². The van der Waals surface area contributed by atoms with Gasteiger partial charge in [-0.3, -0.25) is 0 Å². The molecule has 5 atom stereocenters. The molecule has 0 aliphatic carbocycles. The van der Waals surface area contributed by atoms with Crippen LogP contribution in [0, 0.1) is 0 Å². The zero-order valence-corrected chi connectivity index (χ0v) is 16.7. The smallest absolute Gasteiger partial charge is 0.225 e. The molecule has 1 aromatic heterocycles. The fraction of sp³-hybridized carbons (Fsp3) is 0.318. The van der Waals surface area contributed by atoms with Crippen molar-refractivity contribution in [3.05, 3.63) is 76.6 Å². The molecule has 3 aromatic rings. The van der Waals surface area contributed by atoms with Crippen molar-refractivity contribution in [3.63, 3.8) is 0 Å². The van der Waals surface area contributed by atoms with Gasteiger partial charge in [0.2, 0.25) is 5.89 Å². The van der Waals surface area contributed by atoms with Gasteiger partial charge in [0.1, 0.15) is 36.8 Å². The fourth-order valence-electron chi connectivity index (χ4n) is 3.64. The first-order chi connectivity index (χ1) is 14.5. The third kappa shape index (κ3) is 4.13. The van der Waals surface area contributed by atoms with E-state index in [-0.39, 0.29) is 0 Å². The Kier molecular flexibility index (Phi) is 6.19. The van der Waals surface area contributed by atoms with E-state index < -0.39 is 37.1 Å². The molecule has 2 aromatic carbocycles. The summed E-state index contributed by atoms with van der Waals surface area (Å²) < 4.78 is 10.9. The first-order valence-electron chi connectivity index (χ1n) is 9.55. The standard InChI is InChI=1S/C22H22ClNO6/c23-16-6-5-14(21-20(28)19(27)18(26)17(11-25)30-21)10-15(16)9-12-1-3-13(4-2-12)22-24-7-8-29-22/h1-8,10,17-21,25-28H,9,11H2/t17-,18-,19+,20-,21+/m1/s1. The average Bonchev–Trinajstić information content (AvgIpc) is 3.30. The highest BCUT2D eigenvalue weighted by Crippen LogP contribution is 2.34. The molecular formula is C22H22ClNO6. The van der Waals surface area contributed by atoms with Gasteiger partial charge in [-0.25, -0.2) is 4.98 Å². The number of aliphatic hydroxyl groups is 4. The van der Waals surface area contributed by atoms with Crippen molar-refractivity contribution in [2.24, 2.45) is 0 Å². The Morgan fingerprint density at radius 1 is 0.967 bits per heavy atom. The molecule has 1 aliphatic heterocycles. The van der Waals surface area contributed by atoms with Crippen LogP contribution < -0.4 is 0 Å². The van der Waals surface area contributed by atoms with E-state index in [9.17, 15) is 20.4 Å². The van der Waals surface area contributed by atoms with Gasteiger partial charge in [-0.2, -0.15) is 0 Å². The van der Waals surface area contributed by atoms with Crippen molar-refractivity contribution in [2.45, 2.75) is 36.9 Å². The quantitative estimate of drug-likeness (QED) is 0.488. The summed E-state index contributed by atoms with van der Waals surface area (Å²) in [6, 6.07) is 12.9. The lowest BCUT2D eigenvalue weighted by Gasteiger charge is -2.40. The third-order valence-corrected chi connectivity index (χ3v) is 5.69. The molecule has 1 saturated heterocycles. The Balaban J connectivity index is 1.56. The van der Waals surface area contributed by atoms with Gasteiger partial charge in [0, 0.05) is 10.6 Å². The summed E-state index contributed by atoms with van der Waals surface area (Å²) >= 11 is 6.38. The second-order valence-electron chi connectivity index (χ2n) is 7.31. The number of ether oxygens (including phenoxy) is 1. The predicted octanol–water partition coefficient (Wildman–Crippen LogP) is 2.10. The van der Waals surface area contributed by atoms with Crippen LogP contribution in [0.2, 0.25) is 5.02 Å². The summed E-state index contributed by atoms with van der Waals surface area (Å²) in [5.41, 5.74) is 3.29. The van der Waals surface area contributed by atoms with E-state index in [1.54, 1.807) is 24.4 Å². The second-order valence-corrected chi connectivity index (χ2v) is 7.72. The number of oxazole rings is 1. The molecule has 0 amide bonds. The summed E-state index contributed by atoms with van der Waals surface area (Å²) in [5.74, 6) is 0.546. The van der Waals surface area contributed by atoms with E-state index in [1.807, 2.05) is 24.3 Å². The normalized spacial score (nSPS) is 26.6. The maximum Gasteiger partial charge on any atom is 0.225 e. The van der Waals surface area contributed by atoms with E-state index in [0.717, 1.165) is 16.7 Å². The molecule has 0 bridgehead atoms. The topological polar surface area (TPSA) is 116 Å². The number of benzene rings is 2. The van der Waals surface area contributed by atoms with E-state index in [4.69, 9.17) is 20.8 Å². The highest BCUT2D eigenvalue weighted by Gasteiger charge is 2.44. The molecule has 8 heteroatoms. The highest BCUT2D eigenvalue weighted by atomic mass is 35.5. The number of aromatic nitrogens is 1. The molecule has 4 N–H and O–H groups in total. The van der Waals surface area contributed by atoms with Gasteiger partial charge in [0.05, 0.1) is 12.8 Å². The van der Waals surface area contributed by atoms with E-state index in [0.29, 0.717) is 22.9 Å². The van der Waals surface area contributed by atoms with Gasteiger partial charge in [0.25, 0.3) is 0 Å². The van der Waals surface area contributed by atoms with Crippen molar-refractivity contribution < 1.29 is 29.6 Å². The van der Waals surface area contributed by atoms with Gasteiger partial charge in [-0.15, -0.1) is 0 Å². The number of nitrogens with zero attached hydrogens (tertiary/aromatic N) is 1. The van der Waals surface area contributed by atoms with Crippen LogP contribution in [0.25, 0.3) is 11.5 Å². The molecule has 158 valence electrons. The molecule has 7 nitrogen and oxygen atoms in total. The zero-order valence-electron chi connectivity index (χ0n) is 15.9. The summed E-state index contributed by atoms with van der Waals surface area (Å²) in [6.45, 7) is -0.473. The van der Waals surface area contributed by atoms with Gasteiger partial charge < -0.3 is 29.6 Å². The highest BCUT2D eigenvalue weighted by molar-refractivity contribution is 6.31. The Labute approximate surface area is 178 Å². The monoisotopic (exact) mass is 431 g/mol. The molecule has 30 heavy (non-hydrogen) atoms. The van der Waals surface area contributed by atoms with Crippen LogP contribution in [0.4, 0.5) is 0 Å². The van der Waals surface area contributed by atoms with Crippen molar-refractivity contribution in [2.75, 3.05) is 6.61 Å². The Morgan fingerprint density at radius 2 is 1.73 bits per heavy atom. The minimum Gasteiger partial charge on any atom is -0.445 e. The van der Waals surface area contributed by atoms with Crippen LogP contribution in [-0.4, -0.2) is 56.4 Å². The van der Waals surface area contributed by atoms with Crippen LogP contribution in [0.1, 0.15) is 22.8 Å². The van der Waals surface area contributed by atoms with Crippen LogP contribution in [-0.2, 0) is 11.2 Å². The minimum absolute atomic E-state index is 0.473. The summed E-state index contributed by atoms with van der Waals surface area (Å²) in [7, 11) is 0. The molecule has 2 heterocycles. The third-order valence-electron chi connectivity index (χ3n) is 5.32. The number of aliphatic hydroxyl groups excluding tert-OH is 4. The lowest BCUT2D eigenvalue weighted by molar-refractivity contribution is -0.231. The fourth-order valence-corrected chi connectivity index (χ4v) is 3.82. The summed E-state index contributed by atoms with van der Waals surface area (Å²) in [6.07, 6.45) is -2.37. The van der Waals surface area contributed by atoms with Crippen molar-refractivity contribution in [1.29, 1.82) is 0 Å². The first-order valence-corrected chi connectivity index (χ1v) is 9.93. The number of hydrogen-bond donors (Lipinski definition) is 4. The summed E-state index contributed by atoms with van der Waals surface area (Å²) in [4.78, 5) is 4.13. The van der Waals surface area contributed by atoms with Crippen molar-refractivity contribution in [3.8, 4) is 11.5 Å². The molecular weight excluding hydrogens is 410 g/mol. The molecule has 4 rings (SSSR count). The SMILES string of the molecule is OC[C@H]1O[C@@H](c2ccc(Cl)c(Cc3ccc(-c4ncco4)cc3)c2)[C@H](O)[C@@H](O)[C@@H]1O. The summed E-state index contributed by atoms with van der Waals surface area (Å²) in [5, 5.41) is 40.4. The van der Waals surface area contributed by atoms with Crippen molar-refractivity contribution >= 4 is 11.6 Å². The second kappa shape index (κ2) is 8.85. The molecule has 0 unspecified atom stereocenters. The first kappa shape index (κ1) is 21.0. The van der Waals surface area contributed by atoms with Crippen molar-refractivity contribution in [1.82, 2.24) is 4.98 Å². The number of halogens is 1. The maximum atomic E-state index is 10.4. The Morgan fingerprint density at radius 3 is 2.40 bits per heavy atom. The molecule has 1 fully saturated rings. The molecule has 0 saturated carbocycles. The van der Waals surface area contributed by atoms with Gasteiger partial charge in [0.15, 0.2) is 0 Å². The lowest BCUT2D eigenvalue weighted by atomic mass is 9.90. The van der Waals surface area contributed by atoms with Gasteiger partial charge in [-0.05, 0) is 41.3 Å².